The third kappa shape index (κ3) is 2.23. The highest BCUT2D eigenvalue weighted by Crippen LogP contribution is 2.07. The Balaban J connectivity index is 2.87. The minimum Gasteiger partial charge on any atom is -0.421 e. The van der Waals surface area contributed by atoms with Gasteiger partial charge < -0.3 is 5.02 Å². The lowest BCUT2D eigenvalue weighted by molar-refractivity contribution is -0.384. The molecule has 0 radical (unpaired) electrons. The van der Waals surface area contributed by atoms with Crippen LogP contribution in [0.25, 0.3) is 0 Å². The number of hydrogen-bond donors (Lipinski definition) is 1. The predicted molar refractivity (Wildman–Crippen MR) is 42.9 cm³/mol. The Labute approximate surface area is 73.0 Å². The van der Waals surface area contributed by atoms with Crippen LogP contribution in [0.1, 0.15) is 0 Å². The molecule has 0 aromatic heterocycles. The molecule has 1 aromatic carbocycles. The van der Waals surface area contributed by atoms with Crippen molar-refractivity contribution in [1.82, 2.24) is 0 Å². The standard InChI is InChI=1S/C6H5BFNO4/c8-13-7(10)5-1-3-6(4-2-5)9(11)12/h1-4,10H. The molecular formula is C6H5BFNO4. The summed E-state index contributed by atoms with van der Waals surface area (Å²) in [5, 5.41) is 19.0. The normalized spacial score (nSPS) is 9.69. The molecule has 0 atom stereocenters. The molecule has 13 heavy (non-hydrogen) atoms. The minimum atomic E-state index is -1.69. The van der Waals surface area contributed by atoms with E-state index in [-0.39, 0.29) is 11.2 Å². The van der Waals surface area contributed by atoms with E-state index in [9.17, 15) is 14.6 Å². The Hall–Kier alpha value is -1.47. The van der Waals surface area contributed by atoms with E-state index < -0.39 is 12.0 Å². The first-order valence-electron chi connectivity index (χ1n) is 3.35. The molecule has 0 amide bonds. The Morgan fingerprint density at radius 2 is 2.00 bits per heavy atom. The molecule has 0 fully saturated rings. The molecule has 0 aliphatic heterocycles. The minimum absolute atomic E-state index is 0.119. The lowest BCUT2D eigenvalue weighted by Crippen LogP contribution is -2.30. The summed E-state index contributed by atoms with van der Waals surface area (Å²) < 4.78 is 11.4. The molecule has 0 unspecified atom stereocenters. The molecule has 7 heteroatoms. The van der Waals surface area contributed by atoms with E-state index in [1.165, 1.54) is 12.1 Å². The summed E-state index contributed by atoms with van der Waals surface area (Å²) in [6.07, 6.45) is 0. The van der Waals surface area contributed by atoms with Crippen molar-refractivity contribution in [2.45, 2.75) is 0 Å². The van der Waals surface area contributed by atoms with Crippen molar-refractivity contribution in [2.24, 2.45) is 0 Å². The van der Waals surface area contributed by atoms with Gasteiger partial charge in [-0.3, -0.25) is 10.1 Å². The lowest BCUT2D eigenvalue weighted by Gasteiger charge is -1.98. The predicted octanol–water partition coefficient (Wildman–Crippen LogP) is 0.183. The quantitative estimate of drug-likeness (QED) is 0.414. The molecule has 0 bridgehead atoms. The average Bonchev–Trinajstić information content (AvgIpc) is 2.17. The van der Waals surface area contributed by atoms with Crippen molar-refractivity contribution in [1.29, 1.82) is 0 Å². The van der Waals surface area contributed by atoms with E-state index in [0.717, 1.165) is 12.1 Å². The molecule has 1 rings (SSSR count). The first-order chi connectivity index (χ1) is 6.15. The SMILES string of the molecule is O=[N+]([O-])c1ccc(B(O)OF)cc1. The Morgan fingerprint density at radius 3 is 2.38 bits per heavy atom. The zero-order chi connectivity index (χ0) is 9.84. The number of rotatable bonds is 3. The molecule has 0 heterocycles. The second-order valence-electron chi connectivity index (χ2n) is 2.29. The van der Waals surface area contributed by atoms with E-state index in [2.05, 4.69) is 4.86 Å². The number of nitrogens with zero attached hydrogens (tertiary/aromatic N) is 1. The van der Waals surface area contributed by atoms with Gasteiger partial charge in [0.25, 0.3) is 5.69 Å². The fraction of sp³-hybridized carbons (Fsp3) is 0. The fourth-order valence-corrected chi connectivity index (χ4v) is 0.812. The average molecular weight is 185 g/mol. The monoisotopic (exact) mass is 185 g/mol. The number of non-ortho nitro benzene ring substituents is 1. The van der Waals surface area contributed by atoms with Crippen LogP contribution in [0, 0.1) is 10.1 Å². The molecule has 0 aliphatic carbocycles. The third-order valence-electron chi connectivity index (χ3n) is 1.47. The first-order valence-corrected chi connectivity index (χ1v) is 3.35. The Kier molecular flexibility index (Phi) is 2.94. The van der Waals surface area contributed by atoms with Gasteiger partial charge in [-0.15, -0.1) is 0 Å². The van der Waals surface area contributed by atoms with Gasteiger partial charge in [0.2, 0.25) is 0 Å². The summed E-state index contributed by atoms with van der Waals surface area (Å²) in [5.41, 5.74) is -0.0112. The van der Waals surface area contributed by atoms with Crippen LogP contribution in [-0.4, -0.2) is 17.1 Å². The first kappa shape index (κ1) is 9.62. The Bertz CT molecular complexity index is 304. The van der Waals surface area contributed by atoms with Crippen LogP contribution < -0.4 is 5.46 Å². The molecule has 0 spiro atoms. The van der Waals surface area contributed by atoms with Gasteiger partial charge in [-0.1, -0.05) is 16.7 Å². The van der Waals surface area contributed by atoms with E-state index in [4.69, 9.17) is 5.02 Å². The van der Waals surface area contributed by atoms with Crippen LogP contribution in [0.15, 0.2) is 24.3 Å². The highest BCUT2D eigenvalue weighted by molar-refractivity contribution is 6.59. The zero-order valence-electron chi connectivity index (χ0n) is 6.38. The van der Waals surface area contributed by atoms with Gasteiger partial charge in [-0.2, -0.15) is 0 Å². The maximum absolute atomic E-state index is 11.4. The molecular weight excluding hydrogens is 180 g/mol. The number of nitro benzene ring substituents is 1. The molecule has 5 nitrogen and oxygen atoms in total. The van der Waals surface area contributed by atoms with Crippen LogP contribution >= 0.6 is 0 Å². The van der Waals surface area contributed by atoms with Gasteiger partial charge in [0.15, 0.2) is 0 Å². The van der Waals surface area contributed by atoms with Crippen LogP contribution in [0.3, 0.4) is 0 Å². The molecule has 1 N–H and O–H groups in total. The number of halogens is 1. The summed E-state index contributed by atoms with van der Waals surface area (Å²) in [4.78, 5) is 12.7. The Morgan fingerprint density at radius 1 is 1.46 bits per heavy atom. The fourth-order valence-electron chi connectivity index (χ4n) is 0.812. The number of nitro groups is 1. The van der Waals surface area contributed by atoms with Gasteiger partial charge in [-0.05, 0) is 5.46 Å². The summed E-state index contributed by atoms with van der Waals surface area (Å²) >= 11 is 0. The topological polar surface area (TPSA) is 72.6 Å². The third-order valence-corrected chi connectivity index (χ3v) is 1.47. The largest absolute Gasteiger partial charge is 0.529 e. The molecule has 0 saturated carbocycles. The van der Waals surface area contributed by atoms with E-state index in [0.29, 0.717) is 0 Å². The summed E-state index contributed by atoms with van der Waals surface area (Å²) in [6.45, 7) is 0. The van der Waals surface area contributed by atoms with Crippen molar-refractivity contribution < 1.29 is 19.3 Å². The highest BCUT2D eigenvalue weighted by Gasteiger charge is 2.18. The highest BCUT2D eigenvalue weighted by atomic mass is 19.3. The summed E-state index contributed by atoms with van der Waals surface area (Å²) in [6, 6.07) is 4.72. The second kappa shape index (κ2) is 3.97. The molecule has 0 saturated heterocycles. The zero-order valence-corrected chi connectivity index (χ0v) is 6.38. The summed E-state index contributed by atoms with van der Waals surface area (Å²) in [7, 11) is -1.69. The lowest BCUT2D eigenvalue weighted by atomic mass is 9.80. The van der Waals surface area contributed by atoms with Crippen LogP contribution in [0.2, 0.25) is 0 Å². The smallest absolute Gasteiger partial charge is 0.421 e. The van der Waals surface area contributed by atoms with Crippen molar-refractivity contribution in [3.63, 3.8) is 0 Å². The number of hydrogen-bond acceptors (Lipinski definition) is 4. The molecule has 1 aromatic rings. The molecule has 0 aliphatic rings. The van der Waals surface area contributed by atoms with Gasteiger partial charge in [0.05, 0.1) is 4.92 Å². The van der Waals surface area contributed by atoms with Crippen molar-refractivity contribution in [3.05, 3.63) is 34.4 Å². The van der Waals surface area contributed by atoms with Gasteiger partial charge in [0.1, 0.15) is 0 Å². The molecule has 68 valence electrons. The van der Waals surface area contributed by atoms with Gasteiger partial charge in [0, 0.05) is 12.1 Å². The maximum Gasteiger partial charge on any atom is 0.529 e. The van der Waals surface area contributed by atoms with E-state index >= 15 is 0 Å². The van der Waals surface area contributed by atoms with Crippen molar-refractivity contribution in [2.75, 3.05) is 0 Å². The number of benzene rings is 1. The second-order valence-corrected chi connectivity index (χ2v) is 2.29. The van der Waals surface area contributed by atoms with Crippen molar-refractivity contribution in [3.8, 4) is 0 Å². The van der Waals surface area contributed by atoms with E-state index in [1.54, 1.807) is 0 Å². The van der Waals surface area contributed by atoms with E-state index in [1.807, 2.05) is 0 Å². The maximum atomic E-state index is 11.4. The summed E-state index contributed by atoms with van der Waals surface area (Å²) in [5.74, 6) is 0. The van der Waals surface area contributed by atoms with Crippen molar-refractivity contribution >= 4 is 18.3 Å². The van der Waals surface area contributed by atoms with Crippen LogP contribution in [0.4, 0.5) is 10.2 Å². The van der Waals surface area contributed by atoms with Gasteiger partial charge in [-0.25, -0.2) is 4.86 Å². The van der Waals surface area contributed by atoms with Gasteiger partial charge >= 0.3 is 7.12 Å². The van der Waals surface area contributed by atoms with Crippen LogP contribution in [-0.2, 0) is 4.86 Å². The van der Waals surface area contributed by atoms with Crippen LogP contribution in [0.5, 0.6) is 0 Å².